The van der Waals surface area contributed by atoms with Gasteiger partial charge in [-0.3, -0.25) is 0 Å². The normalized spacial score (nSPS) is 29.6. The van der Waals surface area contributed by atoms with Gasteiger partial charge < -0.3 is 5.32 Å². The summed E-state index contributed by atoms with van der Waals surface area (Å²) in [5, 5.41) is 3.70. The number of rotatable bonds is 3. The van der Waals surface area contributed by atoms with Crippen molar-refractivity contribution >= 4 is 0 Å². The zero-order valence-corrected chi connectivity index (χ0v) is 9.51. The average molecular weight is 219 g/mol. The Morgan fingerprint density at radius 2 is 2.00 bits per heavy atom. The van der Waals surface area contributed by atoms with Crippen LogP contribution >= 0.6 is 0 Å². The third-order valence-electron chi connectivity index (χ3n) is 4.07. The van der Waals surface area contributed by atoms with Gasteiger partial charge in [-0.1, -0.05) is 12.1 Å². The van der Waals surface area contributed by atoms with Gasteiger partial charge in [0.1, 0.15) is 5.82 Å². The van der Waals surface area contributed by atoms with E-state index in [-0.39, 0.29) is 5.82 Å². The lowest BCUT2D eigenvalue weighted by Gasteiger charge is -2.30. The number of benzene rings is 1. The fourth-order valence-electron chi connectivity index (χ4n) is 3.08. The van der Waals surface area contributed by atoms with Crippen molar-refractivity contribution in [1.29, 1.82) is 0 Å². The third-order valence-corrected chi connectivity index (χ3v) is 4.07. The Morgan fingerprint density at radius 3 is 2.56 bits per heavy atom. The molecule has 16 heavy (non-hydrogen) atoms. The molecule has 0 spiro atoms. The van der Waals surface area contributed by atoms with Crippen molar-refractivity contribution in [2.75, 3.05) is 6.54 Å². The predicted molar refractivity (Wildman–Crippen MR) is 62.8 cm³/mol. The summed E-state index contributed by atoms with van der Waals surface area (Å²) in [7, 11) is 0. The second-order valence-corrected chi connectivity index (χ2v) is 5.26. The fourth-order valence-corrected chi connectivity index (χ4v) is 3.08. The maximum Gasteiger partial charge on any atom is 0.123 e. The molecule has 1 saturated heterocycles. The summed E-state index contributed by atoms with van der Waals surface area (Å²) in [5.41, 5.74) is 1.60. The van der Waals surface area contributed by atoms with E-state index in [0.717, 1.165) is 18.9 Å². The molecule has 1 unspecified atom stereocenters. The van der Waals surface area contributed by atoms with Crippen molar-refractivity contribution < 1.29 is 4.39 Å². The molecular formula is C14H18FN. The molecule has 0 bridgehead atoms. The molecule has 1 aromatic rings. The molecule has 2 aliphatic rings. The zero-order valence-electron chi connectivity index (χ0n) is 9.51. The second kappa shape index (κ2) is 3.85. The first kappa shape index (κ1) is 10.3. The van der Waals surface area contributed by atoms with Crippen molar-refractivity contribution in [2.24, 2.45) is 5.92 Å². The van der Waals surface area contributed by atoms with Crippen molar-refractivity contribution in [3.05, 3.63) is 35.6 Å². The maximum absolute atomic E-state index is 12.9. The van der Waals surface area contributed by atoms with E-state index in [1.807, 2.05) is 12.1 Å². The lowest BCUT2D eigenvalue weighted by Crippen LogP contribution is -2.44. The van der Waals surface area contributed by atoms with Crippen LogP contribution in [-0.4, -0.2) is 12.1 Å². The Kier molecular flexibility index (Phi) is 2.47. The van der Waals surface area contributed by atoms with E-state index in [9.17, 15) is 4.39 Å². The SMILES string of the molecule is Fc1ccc(CC2(C3CC3)CCCN2)cc1. The molecule has 2 heteroatoms. The Morgan fingerprint density at radius 1 is 1.25 bits per heavy atom. The summed E-state index contributed by atoms with van der Waals surface area (Å²) < 4.78 is 12.9. The first-order chi connectivity index (χ1) is 7.78. The topological polar surface area (TPSA) is 12.0 Å². The molecule has 2 fully saturated rings. The van der Waals surface area contributed by atoms with E-state index in [4.69, 9.17) is 0 Å². The Bertz CT molecular complexity index is 361. The molecule has 1 heterocycles. The van der Waals surface area contributed by atoms with Crippen LogP contribution < -0.4 is 5.32 Å². The average Bonchev–Trinajstić information content (AvgIpc) is 3.05. The van der Waals surface area contributed by atoms with Crippen LogP contribution in [-0.2, 0) is 6.42 Å². The Hall–Kier alpha value is -0.890. The highest BCUT2D eigenvalue weighted by Crippen LogP contribution is 2.45. The highest BCUT2D eigenvalue weighted by molar-refractivity contribution is 5.21. The molecule has 1 N–H and O–H groups in total. The van der Waals surface area contributed by atoms with Gasteiger partial charge in [-0.05, 0) is 62.3 Å². The molecule has 1 saturated carbocycles. The van der Waals surface area contributed by atoms with E-state index in [1.54, 1.807) is 12.1 Å². The monoisotopic (exact) mass is 219 g/mol. The van der Waals surface area contributed by atoms with Crippen LogP contribution in [0.3, 0.4) is 0 Å². The first-order valence-corrected chi connectivity index (χ1v) is 6.28. The van der Waals surface area contributed by atoms with E-state index in [1.165, 1.54) is 31.2 Å². The van der Waals surface area contributed by atoms with Gasteiger partial charge in [0, 0.05) is 5.54 Å². The van der Waals surface area contributed by atoms with Gasteiger partial charge in [-0.15, -0.1) is 0 Å². The van der Waals surface area contributed by atoms with Gasteiger partial charge in [0.2, 0.25) is 0 Å². The van der Waals surface area contributed by atoms with Crippen LogP contribution in [0.5, 0.6) is 0 Å². The summed E-state index contributed by atoms with van der Waals surface area (Å²) in [6.07, 6.45) is 6.38. The predicted octanol–water partition coefficient (Wildman–Crippen LogP) is 2.90. The molecule has 1 aromatic carbocycles. The summed E-state index contributed by atoms with van der Waals surface area (Å²) in [4.78, 5) is 0. The highest BCUT2D eigenvalue weighted by Gasteiger charge is 2.46. The minimum Gasteiger partial charge on any atom is -0.311 e. The van der Waals surface area contributed by atoms with Gasteiger partial charge in [0.15, 0.2) is 0 Å². The van der Waals surface area contributed by atoms with Gasteiger partial charge in [-0.25, -0.2) is 4.39 Å². The number of hydrogen-bond donors (Lipinski definition) is 1. The van der Waals surface area contributed by atoms with Crippen molar-refractivity contribution in [1.82, 2.24) is 5.32 Å². The molecular weight excluding hydrogens is 201 g/mol. The standard InChI is InChI=1S/C14H18FN/c15-13-6-2-11(3-7-13)10-14(12-4-5-12)8-1-9-16-14/h2-3,6-7,12,16H,1,4-5,8-10H2. The van der Waals surface area contributed by atoms with Crippen LogP contribution in [0.15, 0.2) is 24.3 Å². The molecule has 1 atom stereocenters. The maximum atomic E-state index is 12.9. The quantitative estimate of drug-likeness (QED) is 0.824. The Labute approximate surface area is 96.1 Å². The van der Waals surface area contributed by atoms with Crippen molar-refractivity contribution in [2.45, 2.75) is 37.6 Å². The summed E-state index contributed by atoms with van der Waals surface area (Å²) >= 11 is 0. The summed E-state index contributed by atoms with van der Waals surface area (Å²) in [6.45, 7) is 1.15. The van der Waals surface area contributed by atoms with E-state index in [0.29, 0.717) is 5.54 Å². The Balaban J connectivity index is 1.78. The van der Waals surface area contributed by atoms with Crippen LogP contribution in [0.1, 0.15) is 31.2 Å². The third kappa shape index (κ3) is 1.86. The lowest BCUT2D eigenvalue weighted by molar-refractivity contribution is 0.323. The largest absolute Gasteiger partial charge is 0.311 e. The summed E-state index contributed by atoms with van der Waals surface area (Å²) in [6, 6.07) is 7.01. The number of halogens is 1. The van der Waals surface area contributed by atoms with Crippen molar-refractivity contribution in [3.8, 4) is 0 Å². The fraction of sp³-hybridized carbons (Fsp3) is 0.571. The smallest absolute Gasteiger partial charge is 0.123 e. The van der Waals surface area contributed by atoms with Crippen LogP contribution in [0.4, 0.5) is 4.39 Å². The minimum absolute atomic E-state index is 0.136. The van der Waals surface area contributed by atoms with E-state index < -0.39 is 0 Å². The molecule has 0 amide bonds. The molecule has 86 valence electrons. The molecule has 1 nitrogen and oxygen atoms in total. The molecule has 1 aliphatic carbocycles. The van der Waals surface area contributed by atoms with Crippen LogP contribution in [0.25, 0.3) is 0 Å². The number of hydrogen-bond acceptors (Lipinski definition) is 1. The van der Waals surface area contributed by atoms with Gasteiger partial charge in [0.25, 0.3) is 0 Å². The molecule has 0 aromatic heterocycles. The second-order valence-electron chi connectivity index (χ2n) is 5.26. The van der Waals surface area contributed by atoms with Gasteiger partial charge in [0.05, 0.1) is 0 Å². The number of nitrogens with one attached hydrogen (secondary N) is 1. The first-order valence-electron chi connectivity index (χ1n) is 6.28. The molecule has 0 radical (unpaired) electrons. The van der Waals surface area contributed by atoms with Crippen LogP contribution in [0.2, 0.25) is 0 Å². The van der Waals surface area contributed by atoms with Crippen LogP contribution in [0, 0.1) is 11.7 Å². The molecule has 3 rings (SSSR count). The van der Waals surface area contributed by atoms with Gasteiger partial charge in [-0.2, -0.15) is 0 Å². The van der Waals surface area contributed by atoms with Gasteiger partial charge >= 0.3 is 0 Å². The summed E-state index contributed by atoms with van der Waals surface area (Å²) in [5.74, 6) is 0.726. The molecule has 1 aliphatic heterocycles. The minimum atomic E-state index is -0.136. The zero-order chi connectivity index (χ0) is 11.0. The van der Waals surface area contributed by atoms with E-state index in [2.05, 4.69) is 5.32 Å². The lowest BCUT2D eigenvalue weighted by atomic mass is 9.84. The van der Waals surface area contributed by atoms with E-state index >= 15 is 0 Å². The van der Waals surface area contributed by atoms with Crippen molar-refractivity contribution in [3.63, 3.8) is 0 Å². The highest BCUT2D eigenvalue weighted by atomic mass is 19.1.